The minimum Gasteiger partial charge on any atom is -0.258 e. The molecule has 6 heteroatoms. The van der Waals surface area contributed by atoms with Crippen LogP contribution in [0.5, 0.6) is 0 Å². The first-order valence-corrected chi connectivity index (χ1v) is 7.14. The number of halogens is 1. The lowest BCUT2D eigenvalue weighted by atomic mass is 10.2. The highest BCUT2D eigenvalue weighted by atomic mass is 35.5. The largest absolute Gasteiger partial charge is 0.285 e. The van der Waals surface area contributed by atoms with Gasteiger partial charge in [0.05, 0.1) is 21.5 Å². The summed E-state index contributed by atoms with van der Waals surface area (Å²) in [5.41, 5.74) is 0.577. The lowest BCUT2D eigenvalue weighted by molar-refractivity contribution is -0.387. The average molecular weight is 296 g/mol. The molecule has 0 N–H and O–H groups in total. The van der Waals surface area contributed by atoms with Crippen molar-refractivity contribution < 1.29 is 9.13 Å². The van der Waals surface area contributed by atoms with E-state index in [0.29, 0.717) is 10.6 Å². The number of nitro benzene ring substituents is 1. The van der Waals surface area contributed by atoms with Crippen molar-refractivity contribution in [2.24, 2.45) is 0 Å². The molecule has 98 valence electrons. The molecule has 0 saturated carbocycles. The second-order valence-corrected chi connectivity index (χ2v) is 5.63. The summed E-state index contributed by atoms with van der Waals surface area (Å²) in [4.78, 5) is 10.6. The highest BCUT2D eigenvalue weighted by Crippen LogP contribution is 2.25. The lowest BCUT2D eigenvalue weighted by Gasteiger charge is -2.05. The Morgan fingerprint density at radius 3 is 2.42 bits per heavy atom. The second-order valence-electron chi connectivity index (χ2n) is 3.81. The van der Waals surface area contributed by atoms with E-state index in [0.717, 1.165) is 0 Å². The Kier molecular flexibility index (Phi) is 4.29. The Hall–Kier alpha value is -1.72. The third-order valence-corrected chi connectivity index (χ3v) is 4.33. The number of para-hydroxylation sites is 1. The van der Waals surface area contributed by atoms with E-state index in [9.17, 15) is 14.3 Å². The van der Waals surface area contributed by atoms with Gasteiger partial charge in [-0.05, 0) is 17.7 Å². The number of hydrogen-bond acceptors (Lipinski definition) is 3. The molecule has 0 spiro atoms. The summed E-state index contributed by atoms with van der Waals surface area (Å²) in [6.07, 6.45) is 0. The molecule has 0 amide bonds. The lowest BCUT2D eigenvalue weighted by Crippen LogP contribution is -2.01. The molecule has 2 aromatic carbocycles. The number of nitro groups is 1. The van der Waals surface area contributed by atoms with Crippen LogP contribution >= 0.6 is 11.6 Å². The van der Waals surface area contributed by atoms with Gasteiger partial charge in [0.25, 0.3) is 5.69 Å². The fraction of sp³-hybridized carbons (Fsp3) is 0.0769. The first kappa shape index (κ1) is 13.7. The summed E-state index contributed by atoms with van der Waals surface area (Å²) >= 11 is 5.99. The molecule has 0 aliphatic heterocycles. The summed E-state index contributed by atoms with van der Waals surface area (Å²) in [6.45, 7) is 0. The van der Waals surface area contributed by atoms with Crippen molar-refractivity contribution in [1.29, 1.82) is 0 Å². The molecular formula is C13H10ClNO3S. The van der Waals surface area contributed by atoms with Crippen molar-refractivity contribution in [1.82, 2.24) is 0 Å². The Labute approximate surface area is 117 Å². The van der Waals surface area contributed by atoms with Crippen molar-refractivity contribution >= 4 is 28.1 Å². The zero-order valence-electron chi connectivity index (χ0n) is 9.78. The third kappa shape index (κ3) is 3.19. The molecule has 0 bridgehead atoms. The zero-order valence-corrected chi connectivity index (χ0v) is 11.4. The molecule has 1 unspecified atom stereocenters. The first-order chi connectivity index (χ1) is 9.09. The SMILES string of the molecule is O=[N+]([O-])c1ccccc1S(=O)Cc1ccccc1Cl. The maximum absolute atomic E-state index is 12.2. The van der Waals surface area contributed by atoms with Crippen LogP contribution in [0.25, 0.3) is 0 Å². The van der Waals surface area contributed by atoms with Crippen LogP contribution in [0, 0.1) is 10.1 Å². The molecule has 2 aromatic rings. The fourth-order valence-electron chi connectivity index (χ4n) is 1.63. The van der Waals surface area contributed by atoms with E-state index in [1.807, 2.05) is 0 Å². The fourth-order valence-corrected chi connectivity index (χ4v) is 3.21. The first-order valence-electron chi connectivity index (χ1n) is 5.45. The number of nitrogens with zero attached hydrogens (tertiary/aromatic N) is 1. The van der Waals surface area contributed by atoms with Gasteiger partial charge in [0.2, 0.25) is 0 Å². The van der Waals surface area contributed by atoms with E-state index in [1.165, 1.54) is 12.1 Å². The molecule has 0 aliphatic carbocycles. The van der Waals surface area contributed by atoms with Crippen LogP contribution in [0.4, 0.5) is 5.69 Å². The standard InChI is InChI=1S/C13H10ClNO3S/c14-11-6-2-1-5-10(11)9-19(18)13-8-4-3-7-12(13)15(16)17/h1-8H,9H2. The molecule has 0 saturated heterocycles. The topological polar surface area (TPSA) is 60.2 Å². The summed E-state index contributed by atoms with van der Waals surface area (Å²) in [5.74, 6) is 0.157. The molecule has 0 aliphatic rings. The van der Waals surface area contributed by atoms with Crippen LogP contribution in [-0.2, 0) is 16.6 Å². The Balaban J connectivity index is 2.31. The molecular weight excluding hydrogens is 286 g/mol. The number of rotatable bonds is 4. The van der Waals surface area contributed by atoms with Crippen LogP contribution in [-0.4, -0.2) is 9.13 Å². The summed E-state index contributed by atoms with van der Waals surface area (Å²) in [7, 11) is -1.50. The minimum absolute atomic E-state index is 0.132. The Bertz CT molecular complexity index is 645. The van der Waals surface area contributed by atoms with Crippen molar-refractivity contribution in [3.8, 4) is 0 Å². The predicted molar refractivity (Wildman–Crippen MR) is 74.7 cm³/mol. The normalized spacial score (nSPS) is 12.1. The van der Waals surface area contributed by atoms with Crippen LogP contribution in [0.3, 0.4) is 0 Å². The zero-order chi connectivity index (χ0) is 13.8. The summed E-state index contributed by atoms with van der Waals surface area (Å²) in [6, 6.07) is 13.1. The van der Waals surface area contributed by atoms with Gasteiger partial charge in [-0.15, -0.1) is 0 Å². The Morgan fingerprint density at radius 2 is 1.74 bits per heavy atom. The van der Waals surface area contributed by atoms with Crippen LogP contribution in [0.2, 0.25) is 5.02 Å². The number of benzene rings is 2. The third-order valence-electron chi connectivity index (χ3n) is 2.55. The highest BCUT2D eigenvalue weighted by molar-refractivity contribution is 7.84. The van der Waals surface area contributed by atoms with Gasteiger partial charge in [0.15, 0.2) is 0 Å². The molecule has 0 heterocycles. The van der Waals surface area contributed by atoms with E-state index < -0.39 is 15.7 Å². The van der Waals surface area contributed by atoms with Gasteiger partial charge in [-0.2, -0.15) is 0 Å². The van der Waals surface area contributed by atoms with E-state index in [4.69, 9.17) is 11.6 Å². The van der Waals surface area contributed by atoms with Crippen LogP contribution in [0.1, 0.15) is 5.56 Å². The van der Waals surface area contributed by atoms with Gasteiger partial charge < -0.3 is 0 Å². The van der Waals surface area contributed by atoms with Gasteiger partial charge in [-0.1, -0.05) is 41.9 Å². The Morgan fingerprint density at radius 1 is 1.11 bits per heavy atom. The predicted octanol–water partition coefficient (Wildman–Crippen LogP) is 3.56. The summed E-state index contributed by atoms with van der Waals surface area (Å²) in [5, 5.41) is 11.4. The van der Waals surface area contributed by atoms with Crippen LogP contribution < -0.4 is 0 Å². The smallest absolute Gasteiger partial charge is 0.258 e. The monoisotopic (exact) mass is 295 g/mol. The van der Waals surface area contributed by atoms with Crippen molar-refractivity contribution in [3.05, 3.63) is 69.2 Å². The van der Waals surface area contributed by atoms with E-state index in [2.05, 4.69) is 0 Å². The van der Waals surface area contributed by atoms with Gasteiger partial charge >= 0.3 is 0 Å². The van der Waals surface area contributed by atoms with E-state index >= 15 is 0 Å². The average Bonchev–Trinajstić information content (AvgIpc) is 2.41. The van der Waals surface area contributed by atoms with Crippen molar-refractivity contribution in [3.63, 3.8) is 0 Å². The molecule has 0 fully saturated rings. The van der Waals surface area contributed by atoms with E-state index in [1.54, 1.807) is 36.4 Å². The van der Waals surface area contributed by atoms with Gasteiger partial charge in [0, 0.05) is 11.1 Å². The quantitative estimate of drug-likeness (QED) is 0.640. The molecule has 4 nitrogen and oxygen atoms in total. The van der Waals surface area contributed by atoms with Gasteiger partial charge in [-0.25, -0.2) is 0 Å². The maximum atomic E-state index is 12.2. The number of hydrogen-bond donors (Lipinski definition) is 0. The highest BCUT2D eigenvalue weighted by Gasteiger charge is 2.18. The second kappa shape index (κ2) is 5.95. The maximum Gasteiger partial charge on any atom is 0.285 e. The molecule has 0 aromatic heterocycles. The molecule has 0 radical (unpaired) electrons. The van der Waals surface area contributed by atoms with E-state index in [-0.39, 0.29) is 16.3 Å². The van der Waals surface area contributed by atoms with Gasteiger partial charge in [-0.3, -0.25) is 14.3 Å². The summed E-state index contributed by atoms with van der Waals surface area (Å²) < 4.78 is 12.2. The van der Waals surface area contributed by atoms with Crippen molar-refractivity contribution in [2.45, 2.75) is 10.6 Å². The minimum atomic E-state index is -1.50. The molecule has 19 heavy (non-hydrogen) atoms. The molecule has 2 rings (SSSR count). The van der Waals surface area contributed by atoms with Gasteiger partial charge in [0.1, 0.15) is 4.90 Å². The van der Waals surface area contributed by atoms with Crippen LogP contribution in [0.15, 0.2) is 53.4 Å². The van der Waals surface area contributed by atoms with Crippen molar-refractivity contribution in [2.75, 3.05) is 0 Å². The molecule has 1 atom stereocenters.